The number of aliphatic hydroxyl groups is 1. The first-order chi connectivity index (χ1) is 21.7. The molecule has 0 bridgehead atoms. The molecule has 45 heavy (non-hydrogen) atoms. The molecular formula is C32H32N2O10S. The molecule has 1 aromatic heterocycles. The van der Waals surface area contributed by atoms with E-state index in [-0.39, 0.29) is 59.2 Å². The van der Waals surface area contributed by atoms with E-state index in [2.05, 4.69) is 5.32 Å². The number of fused-ring (bicyclic) bond motifs is 1. The van der Waals surface area contributed by atoms with E-state index >= 15 is 0 Å². The second-order valence-electron chi connectivity index (χ2n) is 10.1. The normalized spacial score (nSPS) is 16.6. The number of carbonyl (C=O) groups is 1. The maximum Gasteiger partial charge on any atom is 0.290 e. The summed E-state index contributed by atoms with van der Waals surface area (Å²) < 4.78 is 50.2. The van der Waals surface area contributed by atoms with Crippen LogP contribution < -0.4 is 15.5 Å². The molecule has 2 atom stereocenters. The number of hydrogen-bond donors (Lipinski definition) is 3. The first-order valence-corrected chi connectivity index (χ1v) is 15.5. The Balaban J connectivity index is 1.37. The van der Waals surface area contributed by atoms with E-state index in [1.54, 1.807) is 36.4 Å². The predicted octanol–water partition coefficient (Wildman–Crippen LogP) is 3.56. The van der Waals surface area contributed by atoms with Crippen molar-refractivity contribution in [2.45, 2.75) is 23.5 Å². The fourth-order valence-corrected chi connectivity index (χ4v) is 6.31. The number of para-hydroxylation sites is 3. The molecule has 0 saturated carbocycles. The molecule has 0 aliphatic carbocycles. The Morgan fingerprint density at radius 3 is 2.51 bits per heavy atom. The lowest BCUT2D eigenvalue weighted by Crippen LogP contribution is -2.38. The topological polar surface area (TPSA) is 165 Å². The van der Waals surface area contributed by atoms with E-state index in [9.17, 15) is 28.2 Å². The zero-order chi connectivity index (χ0) is 32.0. The molecule has 0 fully saturated rings. The summed E-state index contributed by atoms with van der Waals surface area (Å²) in [5.41, 5.74) is 0.566. The van der Waals surface area contributed by atoms with Crippen LogP contribution in [0.4, 0.5) is 5.69 Å². The van der Waals surface area contributed by atoms with Crippen molar-refractivity contribution in [3.8, 4) is 11.5 Å². The van der Waals surface area contributed by atoms with Gasteiger partial charge in [-0.05, 0) is 54.6 Å². The number of aliphatic hydroxyl groups excluding tert-OH is 1. The van der Waals surface area contributed by atoms with Gasteiger partial charge < -0.3 is 34.2 Å². The van der Waals surface area contributed by atoms with Gasteiger partial charge >= 0.3 is 0 Å². The van der Waals surface area contributed by atoms with Gasteiger partial charge in [-0.2, -0.15) is 4.31 Å². The molecule has 0 saturated heterocycles. The second-order valence-corrected chi connectivity index (χ2v) is 12.0. The van der Waals surface area contributed by atoms with Gasteiger partial charge in [0.15, 0.2) is 11.2 Å². The van der Waals surface area contributed by atoms with E-state index < -0.39 is 34.7 Å². The van der Waals surface area contributed by atoms with E-state index in [1.807, 2.05) is 0 Å². The smallest absolute Gasteiger partial charge is 0.290 e. The quantitative estimate of drug-likeness (QED) is 0.196. The number of ether oxygens (including phenoxy) is 3. The summed E-state index contributed by atoms with van der Waals surface area (Å²) in [6, 6.07) is 18.8. The number of rotatable bonds is 12. The van der Waals surface area contributed by atoms with Crippen molar-refractivity contribution in [1.82, 2.24) is 4.31 Å². The Morgan fingerprint density at radius 1 is 1.04 bits per heavy atom. The lowest BCUT2D eigenvalue weighted by Gasteiger charge is -2.30. The Morgan fingerprint density at radius 2 is 1.78 bits per heavy atom. The number of hydrogen-bond acceptors (Lipinski definition) is 10. The van der Waals surface area contributed by atoms with E-state index in [0.29, 0.717) is 16.7 Å². The minimum Gasteiger partial charge on any atom is -0.506 e. The van der Waals surface area contributed by atoms with Crippen LogP contribution in [0.15, 0.2) is 105 Å². The summed E-state index contributed by atoms with van der Waals surface area (Å²) in [6.45, 7) is -0.902. The van der Waals surface area contributed by atoms with Crippen molar-refractivity contribution < 1.29 is 42.1 Å². The number of amides is 1. The van der Waals surface area contributed by atoms with Crippen molar-refractivity contribution in [1.29, 1.82) is 0 Å². The first kappa shape index (κ1) is 31.7. The van der Waals surface area contributed by atoms with Crippen LogP contribution in [0, 0.1) is 0 Å². The summed E-state index contributed by atoms with van der Waals surface area (Å²) in [5.74, 6) is -1.17. The molecule has 3 N–H and O–H groups in total. The van der Waals surface area contributed by atoms with Gasteiger partial charge in [-0.25, -0.2) is 8.42 Å². The number of phenols is 1. The summed E-state index contributed by atoms with van der Waals surface area (Å²) in [7, 11) is -2.52. The van der Waals surface area contributed by atoms with Gasteiger partial charge in [0.25, 0.3) is 5.91 Å². The van der Waals surface area contributed by atoms with Crippen molar-refractivity contribution in [2.75, 3.05) is 38.7 Å². The van der Waals surface area contributed by atoms with Crippen LogP contribution in [0.3, 0.4) is 0 Å². The minimum absolute atomic E-state index is 0.0137. The number of allylic oxidation sites excluding steroid dienone is 1. The van der Waals surface area contributed by atoms with Crippen LogP contribution in [0.2, 0.25) is 0 Å². The molecular weight excluding hydrogens is 604 g/mol. The van der Waals surface area contributed by atoms with Crippen LogP contribution in [-0.4, -0.2) is 68.5 Å². The largest absolute Gasteiger partial charge is 0.506 e. The fraction of sp³-hybridized carbons (Fsp3) is 0.250. The van der Waals surface area contributed by atoms with E-state index in [4.69, 9.17) is 18.6 Å². The molecule has 1 aliphatic heterocycles. The number of nitrogens with one attached hydrogen (secondary N) is 1. The maximum absolute atomic E-state index is 13.4. The third-order valence-electron chi connectivity index (χ3n) is 7.23. The molecule has 13 heteroatoms. The van der Waals surface area contributed by atoms with Crippen LogP contribution in [0.5, 0.6) is 11.5 Å². The van der Waals surface area contributed by atoms with Gasteiger partial charge in [0.1, 0.15) is 17.1 Å². The van der Waals surface area contributed by atoms with E-state index in [1.165, 1.54) is 55.8 Å². The minimum atomic E-state index is -3.99. The first-order valence-electron chi connectivity index (χ1n) is 14.1. The fourth-order valence-electron chi connectivity index (χ4n) is 4.89. The van der Waals surface area contributed by atoms with Crippen molar-refractivity contribution in [3.63, 3.8) is 0 Å². The Bertz CT molecular complexity index is 1850. The highest BCUT2D eigenvalue weighted by molar-refractivity contribution is 7.89. The Hall–Kier alpha value is -4.69. The van der Waals surface area contributed by atoms with Crippen LogP contribution >= 0.6 is 0 Å². The van der Waals surface area contributed by atoms with Gasteiger partial charge in [-0.1, -0.05) is 24.3 Å². The number of phenolic OH excluding ortho intramolecular Hbond substituents is 1. The summed E-state index contributed by atoms with van der Waals surface area (Å²) in [6.07, 6.45) is 1.89. The number of nitrogens with zero attached hydrogens (tertiary/aromatic N) is 1. The molecule has 0 spiro atoms. The molecule has 3 aromatic carbocycles. The zero-order valence-electron chi connectivity index (χ0n) is 24.3. The average molecular weight is 637 g/mol. The third-order valence-corrected chi connectivity index (χ3v) is 9.14. The SMILES string of the molecule is COc1ccc(S(=O)(=O)N(CCO)CCO[C@H]2C[C@@H](c3coc4ccccc4c3=O)C=C(C(=O)Nc3ccccc3O)O2)cc1. The van der Waals surface area contributed by atoms with Crippen LogP contribution in [0.1, 0.15) is 17.9 Å². The standard InChI is InChI=1S/C32H32N2O10S/c1-41-22-10-12-23(13-11-22)45(39,40)34(14-16-35)15-17-42-30-19-21(25-20-43-28-9-5-2-6-24(28)31(25)37)18-29(44-30)32(38)33-26-7-3-4-8-27(26)36/h2-13,18,20-21,30,35-36H,14-17,19H2,1H3,(H,33,38)/t21-,30+/m0/s1. The number of benzene rings is 3. The summed E-state index contributed by atoms with van der Waals surface area (Å²) in [5, 5.41) is 22.7. The molecule has 236 valence electrons. The molecule has 1 aliphatic rings. The maximum atomic E-state index is 13.4. The van der Waals surface area contributed by atoms with Crippen LogP contribution in [-0.2, 0) is 24.3 Å². The number of anilines is 1. The predicted molar refractivity (Wildman–Crippen MR) is 164 cm³/mol. The van der Waals surface area contributed by atoms with Crippen molar-refractivity contribution >= 4 is 32.6 Å². The third kappa shape index (κ3) is 7.18. The van der Waals surface area contributed by atoms with Gasteiger partial charge in [0.05, 0.1) is 42.6 Å². The lowest BCUT2D eigenvalue weighted by atomic mass is 9.93. The molecule has 1 amide bonds. The summed E-state index contributed by atoms with van der Waals surface area (Å²) in [4.78, 5) is 26.7. The molecule has 12 nitrogen and oxygen atoms in total. The highest BCUT2D eigenvalue weighted by atomic mass is 32.2. The number of carbonyl (C=O) groups excluding carboxylic acids is 1. The van der Waals surface area contributed by atoms with Crippen LogP contribution in [0.25, 0.3) is 11.0 Å². The van der Waals surface area contributed by atoms with E-state index in [0.717, 1.165) is 4.31 Å². The molecule has 0 radical (unpaired) electrons. The van der Waals surface area contributed by atoms with Gasteiger partial charge in [0.2, 0.25) is 16.3 Å². The molecule has 2 heterocycles. The van der Waals surface area contributed by atoms with Gasteiger partial charge in [-0.3, -0.25) is 9.59 Å². The molecule has 5 rings (SSSR count). The number of sulfonamides is 1. The molecule has 0 unspecified atom stereocenters. The summed E-state index contributed by atoms with van der Waals surface area (Å²) >= 11 is 0. The van der Waals surface area contributed by atoms with Crippen molar-refractivity contribution in [2.24, 2.45) is 0 Å². The lowest BCUT2D eigenvalue weighted by molar-refractivity contribution is -0.143. The van der Waals surface area contributed by atoms with Gasteiger partial charge in [-0.15, -0.1) is 0 Å². The Kier molecular flexibility index (Phi) is 9.83. The number of aromatic hydroxyl groups is 1. The Labute approximate surface area is 259 Å². The highest BCUT2D eigenvalue weighted by Gasteiger charge is 2.32. The van der Waals surface area contributed by atoms with Gasteiger partial charge in [0, 0.05) is 31.0 Å². The average Bonchev–Trinajstić information content (AvgIpc) is 3.05. The number of methoxy groups -OCH3 is 1. The zero-order valence-corrected chi connectivity index (χ0v) is 25.1. The second kappa shape index (κ2) is 13.9. The molecule has 4 aromatic rings. The van der Waals surface area contributed by atoms with Crippen molar-refractivity contribution in [3.05, 3.63) is 107 Å². The monoisotopic (exact) mass is 636 g/mol. The highest BCUT2D eigenvalue weighted by Crippen LogP contribution is 2.32.